The molecule has 3 N–H and O–H groups in total. The van der Waals surface area contributed by atoms with Crippen LogP contribution in [0.25, 0.3) is 0 Å². The number of rotatable bonds is 6. The van der Waals surface area contributed by atoms with Crippen molar-refractivity contribution in [2.45, 2.75) is 31.7 Å². The van der Waals surface area contributed by atoms with Crippen LogP contribution in [0, 0.1) is 5.92 Å². The summed E-state index contributed by atoms with van der Waals surface area (Å²) < 4.78 is 10.8. The van der Waals surface area contributed by atoms with Crippen LogP contribution in [0.15, 0.2) is 18.2 Å². The maximum absolute atomic E-state index is 5.70. The first-order valence-corrected chi connectivity index (χ1v) is 6.47. The Bertz CT molecular complexity index is 391. The van der Waals surface area contributed by atoms with Gasteiger partial charge in [0.2, 0.25) is 0 Å². The molecule has 0 amide bonds. The number of para-hydroxylation sites is 1. The zero-order valence-corrected chi connectivity index (χ0v) is 11.1. The Morgan fingerprint density at radius 2 is 2.11 bits per heavy atom. The number of benzene rings is 1. The molecule has 2 rings (SSSR count). The van der Waals surface area contributed by atoms with E-state index in [1.807, 2.05) is 18.2 Å². The van der Waals surface area contributed by atoms with Crippen LogP contribution >= 0.6 is 0 Å². The Balaban J connectivity index is 2.22. The average Bonchev–Trinajstić information content (AvgIpc) is 2.37. The predicted molar refractivity (Wildman–Crippen MR) is 71.6 cm³/mol. The monoisotopic (exact) mass is 250 g/mol. The van der Waals surface area contributed by atoms with Crippen LogP contribution in [-0.4, -0.2) is 14.2 Å². The van der Waals surface area contributed by atoms with Crippen molar-refractivity contribution in [1.82, 2.24) is 5.43 Å². The second-order valence-corrected chi connectivity index (χ2v) is 4.83. The van der Waals surface area contributed by atoms with Crippen molar-refractivity contribution < 1.29 is 9.47 Å². The average molecular weight is 250 g/mol. The lowest BCUT2D eigenvalue weighted by atomic mass is 9.79. The minimum absolute atomic E-state index is 0.125. The van der Waals surface area contributed by atoms with Gasteiger partial charge < -0.3 is 9.47 Å². The second-order valence-electron chi connectivity index (χ2n) is 4.83. The van der Waals surface area contributed by atoms with E-state index in [1.54, 1.807) is 14.2 Å². The van der Waals surface area contributed by atoms with Crippen molar-refractivity contribution in [2.75, 3.05) is 14.2 Å². The molecule has 1 aliphatic rings. The smallest absolute Gasteiger partial charge is 0.165 e. The van der Waals surface area contributed by atoms with E-state index in [2.05, 4.69) is 5.43 Å². The van der Waals surface area contributed by atoms with Gasteiger partial charge in [-0.1, -0.05) is 31.4 Å². The second kappa shape index (κ2) is 6.07. The minimum Gasteiger partial charge on any atom is -0.493 e. The molecule has 0 radical (unpaired) electrons. The van der Waals surface area contributed by atoms with Crippen molar-refractivity contribution in [3.63, 3.8) is 0 Å². The first kappa shape index (κ1) is 13.2. The van der Waals surface area contributed by atoms with E-state index in [0.29, 0.717) is 0 Å². The molecule has 4 nitrogen and oxygen atoms in total. The minimum atomic E-state index is 0.125. The summed E-state index contributed by atoms with van der Waals surface area (Å²) in [6.45, 7) is 0. The highest BCUT2D eigenvalue weighted by atomic mass is 16.5. The van der Waals surface area contributed by atoms with E-state index < -0.39 is 0 Å². The number of nitrogens with one attached hydrogen (secondary N) is 1. The van der Waals surface area contributed by atoms with E-state index in [0.717, 1.165) is 29.4 Å². The van der Waals surface area contributed by atoms with Crippen molar-refractivity contribution in [1.29, 1.82) is 0 Å². The molecule has 18 heavy (non-hydrogen) atoms. The van der Waals surface area contributed by atoms with Crippen molar-refractivity contribution in [3.05, 3.63) is 23.8 Å². The highest BCUT2D eigenvalue weighted by Gasteiger charge is 2.25. The van der Waals surface area contributed by atoms with Crippen LogP contribution in [0.4, 0.5) is 0 Å². The number of ether oxygens (including phenoxy) is 2. The van der Waals surface area contributed by atoms with Gasteiger partial charge in [-0.2, -0.15) is 0 Å². The summed E-state index contributed by atoms with van der Waals surface area (Å²) in [6.07, 6.45) is 5.02. The summed E-state index contributed by atoms with van der Waals surface area (Å²) in [5.74, 6) is 8.01. The predicted octanol–water partition coefficient (Wildman–Crippen LogP) is 2.40. The Labute approximate surface area is 108 Å². The van der Waals surface area contributed by atoms with Crippen molar-refractivity contribution >= 4 is 0 Å². The van der Waals surface area contributed by atoms with Gasteiger partial charge in [0.05, 0.1) is 20.3 Å². The SMILES string of the molecule is COc1cccc(C(CC2CCC2)NN)c1OC. The molecule has 1 aromatic rings. The number of nitrogens with two attached hydrogens (primary N) is 1. The van der Waals surface area contributed by atoms with E-state index in [4.69, 9.17) is 15.3 Å². The number of hydrogen-bond acceptors (Lipinski definition) is 4. The van der Waals surface area contributed by atoms with E-state index in [1.165, 1.54) is 19.3 Å². The summed E-state index contributed by atoms with van der Waals surface area (Å²) >= 11 is 0. The third kappa shape index (κ3) is 2.60. The van der Waals surface area contributed by atoms with Gasteiger partial charge in [-0.05, 0) is 18.4 Å². The molecule has 1 fully saturated rings. The molecular weight excluding hydrogens is 228 g/mol. The van der Waals surface area contributed by atoms with Crippen LogP contribution < -0.4 is 20.7 Å². The number of methoxy groups -OCH3 is 2. The fourth-order valence-corrected chi connectivity index (χ4v) is 2.53. The summed E-state index contributed by atoms with van der Waals surface area (Å²) in [7, 11) is 3.32. The van der Waals surface area contributed by atoms with Crippen LogP contribution in [0.1, 0.15) is 37.3 Å². The Morgan fingerprint density at radius 1 is 1.33 bits per heavy atom. The molecule has 0 bridgehead atoms. The molecule has 1 aliphatic carbocycles. The number of hydrazine groups is 1. The van der Waals surface area contributed by atoms with Gasteiger partial charge in [0, 0.05) is 5.56 Å². The van der Waals surface area contributed by atoms with Gasteiger partial charge in [0.15, 0.2) is 11.5 Å². The third-order valence-corrected chi connectivity index (χ3v) is 3.80. The first-order valence-electron chi connectivity index (χ1n) is 6.47. The molecule has 0 saturated heterocycles. The molecule has 1 aromatic carbocycles. The van der Waals surface area contributed by atoms with Gasteiger partial charge in [0.1, 0.15) is 0 Å². The lowest BCUT2D eigenvalue weighted by Gasteiger charge is -2.30. The molecule has 0 aromatic heterocycles. The third-order valence-electron chi connectivity index (χ3n) is 3.80. The zero-order chi connectivity index (χ0) is 13.0. The number of hydrogen-bond donors (Lipinski definition) is 2. The van der Waals surface area contributed by atoms with E-state index >= 15 is 0 Å². The summed E-state index contributed by atoms with van der Waals surface area (Å²) in [6, 6.07) is 6.05. The van der Waals surface area contributed by atoms with Gasteiger partial charge >= 0.3 is 0 Å². The molecule has 0 spiro atoms. The molecule has 1 atom stereocenters. The Kier molecular flexibility index (Phi) is 4.44. The van der Waals surface area contributed by atoms with Crippen LogP contribution in [-0.2, 0) is 0 Å². The van der Waals surface area contributed by atoms with E-state index in [-0.39, 0.29) is 6.04 Å². The van der Waals surface area contributed by atoms with Gasteiger partial charge in [0.25, 0.3) is 0 Å². The standard InChI is InChI=1S/C14H22N2O2/c1-17-13-8-4-7-11(14(13)18-2)12(16-15)9-10-5-3-6-10/h4,7-8,10,12,16H,3,5-6,9,15H2,1-2H3. The van der Waals surface area contributed by atoms with Gasteiger partial charge in [-0.3, -0.25) is 11.3 Å². The highest BCUT2D eigenvalue weighted by Crippen LogP contribution is 2.40. The molecule has 1 saturated carbocycles. The molecule has 1 unspecified atom stereocenters. The molecule has 0 aliphatic heterocycles. The van der Waals surface area contributed by atoms with Crippen molar-refractivity contribution in [3.8, 4) is 11.5 Å². The first-order chi connectivity index (χ1) is 8.80. The Hall–Kier alpha value is -1.26. The molecule has 100 valence electrons. The van der Waals surface area contributed by atoms with Crippen LogP contribution in [0.2, 0.25) is 0 Å². The van der Waals surface area contributed by atoms with Crippen molar-refractivity contribution in [2.24, 2.45) is 11.8 Å². The quantitative estimate of drug-likeness (QED) is 0.601. The summed E-state index contributed by atoms with van der Waals surface area (Å²) in [5, 5.41) is 0. The maximum atomic E-state index is 5.70. The zero-order valence-electron chi connectivity index (χ0n) is 11.1. The lowest BCUT2D eigenvalue weighted by Crippen LogP contribution is -2.31. The normalized spacial score (nSPS) is 17.1. The molecule has 4 heteroatoms. The Morgan fingerprint density at radius 3 is 2.61 bits per heavy atom. The highest BCUT2D eigenvalue weighted by molar-refractivity contribution is 5.48. The van der Waals surface area contributed by atoms with Crippen LogP contribution in [0.5, 0.6) is 11.5 Å². The molecular formula is C14H22N2O2. The lowest BCUT2D eigenvalue weighted by molar-refractivity contribution is 0.258. The summed E-state index contributed by atoms with van der Waals surface area (Å²) in [4.78, 5) is 0. The largest absolute Gasteiger partial charge is 0.493 e. The maximum Gasteiger partial charge on any atom is 0.165 e. The van der Waals surface area contributed by atoms with Gasteiger partial charge in [-0.25, -0.2) is 0 Å². The molecule has 0 heterocycles. The fraction of sp³-hybridized carbons (Fsp3) is 0.571. The van der Waals surface area contributed by atoms with E-state index in [9.17, 15) is 0 Å². The van der Waals surface area contributed by atoms with Gasteiger partial charge in [-0.15, -0.1) is 0 Å². The fourth-order valence-electron chi connectivity index (χ4n) is 2.53. The topological polar surface area (TPSA) is 56.5 Å². The summed E-state index contributed by atoms with van der Waals surface area (Å²) in [5.41, 5.74) is 3.98. The van der Waals surface area contributed by atoms with Crippen LogP contribution in [0.3, 0.4) is 0 Å².